The Morgan fingerprint density at radius 2 is 2.10 bits per heavy atom. The molecule has 2 N–H and O–H groups in total. The van der Waals surface area contributed by atoms with E-state index >= 15 is 0 Å². The summed E-state index contributed by atoms with van der Waals surface area (Å²) < 4.78 is 1.81. The van der Waals surface area contributed by atoms with Gasteiger partial charge in [-0.05, 0) is 19.1 Å². The molecule has 0 aliphatic carbocycles. The SMILES string of the molecule is CCn1nc(Sc2ccccc2Cl)c2c(N)ncnc21. The maximum Gasteiger partial charge on any atom is 0.164 e. The number of benzene rings is 1. The largest absolute Gasteiger partial charge is 0.383 e. The van der Waals surface area contributed by atoms with Crippen molar-refractivity contribution in [2.45, 2.75) is 23.4 Å². The lowest BCUT2D eigenvalue weighted by molar-refractivity contribution is 0.656. The first kappa shape index (κ1) is 13.2. The molecule has 20 heavy (non-hydrogen) atoms. The highest BCUT2D eigenvalue weighted by atomic mass is 35.5. The Kier molecular flexibility index (Phi) is 3.50. The van der Waals surface area contributed by atoms with Crippen LogP contribution >= 0.6 is 23.4 Å². The van der Waals surface area contributed by atoms with Crippen molar-refractivity contribution in [3.05, 3.63) is 35.6 Å². The van der Waals surface area contributed by atoms with Gasteiger partial charge in [-0.3, -0.25) is 0 Å². The van der Waals surface area contributed by atoms with Crippen LogP contribution in [0.3, 0.4) is 0 Å². The Hall–Kier alpha value is -1.79. The minimum absolute atomic E-state index is 0.434. The molecule has 0 amide bonds. The number of hydrogen-bond donors (Lipinski definition) is 1. The second-order valence-electron chi connectivity index (χ2n) is 4.11. The molecule has 5 nitrogen and oxygen atoms in total. The number of hydrogen-bond acceptors (Lipinski definition) is 5. The van der Waals surface area contributed by atoms with Gasteiger partial charge in [0.2, 0.25) is 0 Å². The summed E-state index contributed by atoms with van der Waals surface area (Å²) in [7, 11) is 0. The fraction of sp³-hybridized carbons (Fsp3) is 0.154. The highest BCUT2D eigenvalue weighted by Gasteiger charge is 2.16. The number of anilines is 1. The van der Waals surface area contributed by atoms with Crippen LogP contribution in [-0.2, 0) is 6.54 Å². The normalized spacial score (nSPS) is 11.1. The van der Waals surface area contributed by atoms with Gasteiger partial charge in [0.1, 0.15) is 17.2 Å². The fourth-order valence-electron chi connectivity index (χ4n) is 1.92. The van der Waals surface area contributed by atoms with Gasteiger partial charge in [-0.15, -0.1) is 0 Å². The van der Waals surface area contributed by atoms with Crippen molar-refractivity contribution in [2.24, 2.45) is 0 Å². The molecular weight excluding hydrogens is 294 g/mol. The average molecular weight is 306 g/mol. The van der Waals surface area contributed by atoms with Crippen LogP contribution in [0.2, 0.25) is 5.02 Å². The minimum atomic E-state index is 0.434. The highest BCUT2D eigenvalue weighted by Crippen LogP contribution is 2.37. The first-order valence-electron chi connectivity index (χ1n) is 6.10. The van der Waals surface area contributed by atoms with Crippen molar-refractivity contribution < 1.29 is 0 Å². The van der Waals surface area contributed by atoms with Gasteiger partial charge in [0.05, 0.1) is 10.4 Å². The van der Waals surface area contributed by atoms with E-state index in [1.807, 2.05) is 35.9 Å². The second kappa shape index (κ2) is 5.30. The Bertz CT molecular complexity index is 771. The molecule has 7 heteroatoms. The molecule has 0 saturated heterocycles. The van der Waals surface area contributed by atoms with Crippen molar-refractivity contribution in [3.63, 3.8) is 0 Å². The van der Waals surface area contributed by atoms with Crippen molar-refractivity contribution >= 4 is 40.2 Å². The van der Waals surface area contributed by atoms with Gasteiger partial charge >= 0.3 is 0 Å². The predicted octanol–water partition coefficient (Wildman–Crippen LogP) is 3.23. The number of halogens is 1. The van der Waals surface area contributed by atoms with Gasteiger partial charge in [0.25, 0.3) is 0 Å². The topological polar surface area (TPSA) is 69.6 Å². The van der Waals surface area contributed by atoms with Crippen LogP contribution in [0, 0.1) is 0 Å². The average Bonchev–Trinajstić information content (AvgIpc) is 2.81. The molecule has 3 rings (SSSR count). The number of nitrogen functional groups attached to an aromatic ring is 1. The Morgan fingerprint density at radius 3 is 2.85 bits per heavy atom. The van der Waals surface area contributed by atoms with Gasteiger partial charge < -0.3 is 5.73 Å². The summed E-state index contributed by atoms with van der Waals surface area (Å²) in [6.45, 7) is 2.73. The number of fused-ring (bicyclic) bond motifs is 1. The summed E-state index contributed by atoms with van der Waals surface area (Å²) in [5.74, 6) is 0.434. The number of rotatable bonds is 3. The summed E-state index contributed by atoms with van der Waals surface area (Å²) in [6, 6.07) is 7.63. The maximum absolute atomic E-state index is 6.19. The van der Waals surface area contributed by atoms with Gasteiger partial charge in [-0.25, -0.2) is 14.6 Å². The van der Waals surface area contributed by atoms with Gasteiger partial charge in [0.15, 0.2) is 5.65 Å². The van der Waals surface area contributed by atoms with Crippen LogP contribution in [0.1, 0.15) is 6.92 Å². The smallest absolute Gasteiger partial charge is 0.164 e. The fourth-order valence-corrected chi connectivity index (χ4v) is 3.13. The first-order chi connectivity index (χ1) is 9.70. The van der Waals surface area contributed by atoms with E-state index in [-0.39, 0.29) is 0 Å². The van der Waals surface area contributed by atoms with E-state index in [0.29, 0.717) is 10.8 Å². The lowest BCUT2D eigenvalue weighted by atomic mass is 10.4. The van der Waals surface area contributed by atoms with E-state index in [1.54, 1.807) is 0 Å². The number of aryl methyl sites for hydroxylation is 1. The van der Waals surface area contributed by atoms with Crippen molar-refractivity contribution in [1.82, 2.24) is 19.7 Å². The van der Waals surface area contributed by atoms with Crippen LogP contribution in [0.25, 0.3) is 11.0 Å². The third-order valence-corrected chi connectivity index (χ3v) is 4.37. The van der Waals surface area contributed by atoms with Crippen molar-refractivity contribution in [1.29, 1.82) is 0 Å². The van der Waals surface area contributed by atoms with Gasteiger partial charge in [-0.2, -0.15) is 5.10 Å². The molecule has 0 atom stereocenters. The van der Waals surface area contributed by atoms with E-state index in [9.17, 15) is 0 Å². The van der Waals surface area contributed by atoms with Crippen LogP contribution in [-0.4, -0.2) is 19.7 Å². The molecule has 0 bridgehead atoms. The zero-order valence-electron chi connectivity index (χ0n) is 10.7. The lowest BCUT2D eigenvalue weighted by Crippen LogP contribution is -1.98. The summed E-state index contributed by atoms with van der Waals surface area (Å²) >= 11 is 7.66. The molecule has 0 spiro atoms. The molecule has 2 aromatic heterocycles. The molecule has 0 radical (unpaired) electrons. The minimum Gasteiger partial charge on any atom is -0.383 e. The van der Waals surface area contributed by atoms with Crippen molar-refractivity contribution in [3.8, 4) is 0 Å². The zero-order chi connectivity index (χ0) is 14.1. The molecule has 0 unspecified atom stereocenters. The summed E-state index contributed by atoms with van der Waals surface area (Å²) in [5, 5.41) is 6.78. The van der Waals surface area contributed by atoms with Crippen LogP contribution < -0.4 is 5.73 Å². The van der Waals surface area contributed by atoms with Gasteiger partial charge in [0, 0.05) is 11.4 Å². The monoisotopic (exact) mass is 305 g/mol. The van der Waals surface area contributed by atoms with Crippen LogP contribution in [0.4, 0.5) is 5.82 Å². The van der Waals surface area contributed by atoms with E-state index < -0.39 is 0 Å². The molecular formula is C13H12ClN5S. The highest BCUT2D eigenvalue weighted by molar-refractivity contribution is 7.99. The van der Waals surface area contributed by atoms with Crippen molar-refractivity contribution in [2.75, 3.05) is 5.73 Å². The van der Waals surface area contributed by atoms with Crippen LogP contribution in [0.5, 0.6) is 0 Å². The molecule has 0 saturated carbocycles. The third-order valence-electron chi connectivity index (χ3n) is 2.87. The van der Waals surface area contributed by atoms with Crippen LogP contribution in [0.15, 0.2) is 40.5 Å². The summed E-state index contributed by atoms with van der Waals surface area (Å²) in [5.41, 5.74) is 6.71. The van der Waals surface area contributed by atoms with E-state index in [2.05, 4.69) is 15.1 Å². The molecule has 1 aromatic carbocycles. The molecule has 0 aliphatic heterocycles. The lowest BCUT2D eigenvalue weighted by Gasteiger charge is -2.01. The first-order valence-corrected chi connectivity index (χ1v) is 7.29. The predicted molar refractivity (Wildman–Crippen MR) is 81.0 cm³/mol. The Labute approximate surface area is 125 Å². The number of nitrogens with zero attached hydrogens (tertiary/aromatic N) is 4. The van der Waals surface area contributed by atoms with E-state index in [0.717, 1.165) is 27.5 Å². The zero-order valence-corrected chi connectivity index (χ0v) is 12.3. The van der Waals surface area contributed by atoms with E-state index in [1.165, 1.54) is 18.1 Å². The maximum atomic E-state index is 6.19. The molecule has 0 fully saturated rings. The third kappa shape index (κ3) is 2.21. The standard InChI is InChI=1S/C13H12ClN5S/c1-2-19-12-10(11(15)16-7-17-12)13(18-19)20-9-6-4-3-5-8(9)14/h3-7H,2H2,1H3,(H2,15,16,17). The molecule has 3 aromatic rings. The Balaban J connectivity index is 2.15. The number of nitrogens with two attached hydrogens (primary N) is 1. The summed E-state index contributed by atoms with van der Waals surface area (Å²) in [6.07, 6.45) is 1.45. The molecule has 102 valence electrons. The quantitative estimate of drug-likeness (QED) is 0.804. The van der Waals surface area contributed by atoms with E-state index in [4.69, 9.17) is 17.3 Å². The molecule has 2 heterocycles. The summed E-state index contributed by atoms with van der Waals surface area (Å²) in [4.78, 5) is 9.24. The van der Waals surface area contributed by atoms with Gasteiger partial charge in [-0.1, -0.05) is 35.5 Å². The molecule has 0 aliphatic rings. The number of aromatic nitrogens is 4. The Morgan fingerprint density at radius 1 is 1.30 bits per heavy atom. The second-order valence-corrected chi connectivity index (χ2v) is 5.55.